The zero-order valence-electron chi connectivity index (χ0n) is 11.8. The van der Waals surface area contributed by atoms with Gasteiger partial charge < -0.3 is 9.84 Å². The minimum Gasteiger partial charge on any atom is -0.389 e. The Balaban J connectivity index is 2.29. The van der Waals surface area contributed by atoms with Crippen LogP contribution in [-0.2, 0) is 14.8 Å². The second-order valence-corrected chi connectivity index (χ2v) is 6.89. The average molecular weight is 299 g/mol. The highest BCUT2D eigenvalue weighted by molar-refractivity contribution is 7.89. The number of hydrogen-bond donors (Lipinski definition) is 1. The van der Waals surface area contributed by atoms with Crippen molar-refractivity contribution in [3.8, 4) is 0 Å². The summed E-state index contributed by atoms with van der Waals surface area (Å²) in [6.07, 6.45) is 0.129. The van der Waals surface area contributed by atoms with E-state index in [4.69, 9.17) is 4.74 Å². The first-order valence-corrected chi connectivity index (χ1v) is 8.28. The predicted octanol–water partition coefficient (Wildman–Crippen LogP) is 1.54. The standard InChI is InChI=1S/C14H21NO4S/c1-3-13-10-19-9-8-15(13)20(17,18)14-6-4-12(5-7-14)11(2)16/h4-7,11,13,16H,3,8-10H2,1-2H3. The van der Waals surface area contributed by atoms with Crippen molar-refractivity contribution in [2.24, 2.45) is 0 Å². The van der Waals surface area contributed by atoms with Crippen LogP contribution in [0.4, 0.5) is 0 Å². The number of aliphatic hydroxyl groups is 1. The number of morpholine rings is 1. The van der Waals surface area contributed by atoms with Gasteiger partial charge in [0.2, 0.25) is 10.0 Å². The van der Waals surface area contributed by atoms with Crippen LogP contribution in [0.25, 0.3) is 0 Å². The molecule has 5 nitrogen and oxygen atoms in total. The zero-order valence-corrected chi connectivity index (χ0v) is 12.6. The average Bonchev–Trinajstić information content (AvgIpc) is 2.47. The van der Waals surface area contributed by atoms with Gasteiger partial charge in [-0.25, -0.2) is 8.42 Å². The minimum atomic E-state index is -3.49. The molecule has 0 saturated carbocycles. The SMILES string of the molecule is CCC1COCCN1S(=O)(=O)c1ccc(C(C)O)cc1. The molecule has 20 heavy (non-hydrogen) atoms. The number of nitrogens with zero attached hydrogens (tertiary/aromatic N) is 1. The molecule has 112 valence electrons. The lowest BCUT2D eigenvalue weighted by molar-refractivity contribution is 0.0314. The highest BCUT2D eigenvalue weighted by Crippen LogP contribution is 2.23. The molecule has 1 N–H and O–H groups in total. The summed E-state index contributed by atoms with van der Waals surface area (Å²) < 4.78 is 32.2. The molecule has 1 aromatic rings. The van der Waals surface area contributed by atoms with Crippen LogP contribution in [0, 0.1) is 0 Å². The van der Waals surface area contributed by atoms with E-state index in [9.17, 15) is 13.5 Å². The van der Waals surface area contributed by atoms with Crippen LogP contribution in [0.1, 0.15) is 31.9 Å². The van der Waals surface area contributed by atoms with E-state index in [1.165, 1.54) is 4.31 Å². The Morgan fingerprint density at radius 2 is 2.05 bits per heavy atom. The second kappa shape index (κ2) is 6.22. The molecule has 0 spiro atoms. The maximum absolute atomic E-state index is 12.6. The smallest absolute Gasteiger partial charge is 0.243 e. The van der Waals surface area contributed by atoms with Crippen molar-refractivity contribution < 1.29 is 18.3 Å². The molecule has 0 bridgehead atoms. The van der Waals surface area contributed by atoms with Crippen molar-refractivity contribution in [2.45, 2.75) is 37.3 Å². The Labute approximate surface area is 120 Å². The van der Waals surface area contributed by atoms with Crippen LogP contribution in [0.2, 0.25) is 0 Å². The molecule has 1 aromatic carbocycles. The van der Waals surface area contributed by atoms with Gasteiger partial charge in [-0.15, -0.1) is 0 Å². The third kappa shape index (κ3) is 3.03. The molecule has 2 rings (SSSR count). The number of rotatable bonds is 4. The fraction of sp³-hybridized carbons (Fsp3) is 0.571. The first kappa shape index (κ1) is 15.4. The molecule has 0 aliphatic carbocycles. The number of aliphatic hydroxyl groups excluding tert-OH is 1. The van der Waals surface area contributed by atoms with E-state index in [2.05, 4.69) is 0 Å². The summed E-state index contributed by atoms with van der Waals surface area (Å²) in [5, 5.41) is 9.47. The Hall–Kier alpha value is -0.950. The fourth-order valence-corrected chi connectivity index (χ4v) is 4.00. The highest BCUT2D eigenvalue weighted by Gasteiger charge is 2.32. The van der Waals surface area contributed by atoms with E-state index in [1.807, 2.05) is 6.92 Å². The summed E-state index contributed by atoms with van der Waals surface area (Å²) in [5.74, 6) is 0. The molecule has 1 saturated heterocycles. The molecular weight excluding hydrogens is 278 g/mol. The van der Waals surface area contributed by atoms with Crippen molar-refractivity contribution in [1.29, 1.82) is 0 Å². The van der Waals surface area contributed by atoms with Crippen molar-refractivity contribution >= 4 is 10.0 Å². The number of benzene rings is 1. The van der Waals surface area contributed by atoms with Gasteiger partial charge in [-0.2, -0.15) is 4.31 Å². The van der Waals surface area contributed by atoms with Crippen LogP contribution < -0.4 is 0 Å². The lowest BCUT2D eigenvalue weighted by Gasteiger charge is -2.34. The van der Waals surface area contributed by atoms with E-state index in [0.29, 0.717) is 25.3 Å². The Bertz CT molecular complexity index is 539. The molecule has 1 aliphatic rings. The lowest BCUT2D eigenvalue weighted by atomic mass is 10.1. The van der Waals surface area contributed by atoms with Crippen LogP contribution in [0.5, 0.6) is 0 Å². The second-order valence-electron chi connectivity index (χ2n) is 5.00. The van der Waals surface area contributed by atoms with Gasteiger partial charge in [0.15, 0.2) is 0 Å². The monoisotopic (exact) mass is 299 g/mol. The first-order chi connectivity index (χ1) is 9.46. The summed E-state index contributed by atoms with van der Waals surface area (Å²) >= 11 is 0. The number of ether oxygens (including phenoxy) is 1. The largest absolute Gasteiger partial charge is 0.389 e. The molecule has 0 aromatic heterocycles. The van der Waals surface area contributed by atoms with Crippen LogP contribution in [-0.4, -0.2) is 43.6 Å². The molecule has 2 atom stereocenters. The van der Waals surface area contributed by atoms with Gasteiger partial charge >= 0.3 is 0 Å². The van der Waals surface area contributed by atoms with Gasteiger partial charge in [0.1, 0.15) is 0 Å². The Kier molecular flexibility index (Phi) is 4.80. The summed E-state index contributed by atoms with van der Waals surface area (Å²) in [5.41, 5.74) is 0.706. The van der Waals surface area contributed by atoms with Crippen molar-refractivity contribution in [3.05, 3.63) is 29.8 Å². The molecular formula is C14H21NO4S. The maximum atomic E-state index is 12.6. The summed E-state index contributed by atoms with van der Waals surface area (Å²) in [4.78, 5) is 0.266. The third-order valence-electron chi connectivity index (χ3n) is 3.61. The van der Waals surface area contributed by atoms with E-state index in [1.54, 1.807) is 31.2 Å². The summed E-state index contributed by atoms with van der Waals surface area (Å²) in [7, 11) is -3.49. The van der Waals surface area contributed by atoms with E-state index < -0.39 is 16.1 Å². The topological polar surface area (TPSA) is 66.8 Å². The van der Waals surface area contributed by atoms with Crippen LogP contribution in [0.15, 0.2) is 29.2 Å². The van der Waals surface area contributed by atoms with Gasteiger partial charge in [0, 0.05) is 12.6 Å². The highest BCUT2D eigenvalue weighted by atomic mass is 32.2. The molecule has 1 fully saturated rings. The Morgan fingerprint density at radius 1 is 1.40 bits per heavy atom. The van der Waals surface area contributed by atoms with E-state index in [-0.39, 0.29) is 10.9 Å². The molecule has 1 heterocycles. The van der Waals surface area contributed by atoms with Gasteiger partial charge in [0.25, 0.3) is 0 Å². The van der Waals surface area contributed by atoms with Gasteiger partial charge in [-0.3, -0.25) is 0 Å². The third-order valence-corrected chi connectivity index (χ3v) is 5.58. The predicted molar refractivity (Wildman–Crippen MR) is 75.9 cm³/mol. The summed E-state index contributed by atoms with van der Waals surface area (Å²) in [6, 6.07) is 6.31. The molecule has 2 unspecified atom stereocenters. The van der Waals surface area contributed by atoms with E-state index in [0.717, 1.165) is 6.42 Å². The molecule has 1 aliphatic heterocycles. The molecule has 0 radical (unpaired) electrons. The number of sulfonamides is 1. The van der Waals surface area contributed by atoms with Crippen LogP contribution >= 0.6 is 0 Å². The zero-order chi connectivity index (χ0) is 14.8. The quantitative estimate of drug-likeness (QED) is 0.916. The van der Waals surface area contributed by atoms with Gasteiger partial charge in [-0.1, -0.05) is 19.1 Å². The first-order valence-electron chi connectivity index (χ1n) is 6.84. The fourth-order valence-electron chi connectivity index (χ4n) is 2.33. The van der Waals surface area contributed by atoms with Crippen molar-refractivity contribution in [1.82, 2.24) is 4.31 Å². The molecule has 0 amide bonds. The normalized spacial score (nSPS) is 22.6. The Morgan fingerprint density at radius 3 is 2.60 bits per heavy atom. The van der Waals surface area contributed by atoms with Crippen molar-refractivity contribution in [3.63, 3.8) is 0 Å². The van der Waals surface area contributed by atoms with Gasteiger partial charge in [-0.05, 0) is 31.0 Å². The van der Waals surface area contributed by atoms with Crippen LogP contribution in [0.3, 0.4) is 0 Å². The number of hydrogen-bond acceptors (Lipinski definition) is 4. The molecule has 6 heteroatoms. The summed E-state index contributed by atoms with van der Waals surface area (Å²) in [6.45, 7) is 4.87. The van der Waals surface area contributed by atoms with Gasteiger partial charge in [0.05, 0.1) is 24.2 Å². The van der Waals surface area contributed by atoms with Crippen molar-refractivity contribution in [2.75, 3.05) is 19.8 Å². The maximum Gasteiger partial charge on any atom is 0.243 e. The lowest BCUT2D eigenvalue weighted by Crippen LogP contribution is -2.48. The van der Waals surface area contributed by atoms with E-state index >= 15 is 0 Å². The minimum absolute atomic E-state index is 0.106.